The minimum Gasteiger partial charge on any atom is -0.339 e. The maximum Gasteiger partial charge on any atom is 0.252 e. The van der Waals surface area contributed by atoms with Gasteiger partial charge in [0.15, 0.2) is 0 Å². The lowest BCUT2D eigenvalue weighted by Gasteiger charge is -2.31. The summed E-state index contributed by atoms with van der Waals surface area (Å²) < 4.78 is 32.5. The molecule has 3 aromatic rings. The Hall–Kier alpha value is -2.07. The van der Waals surface area contributed by atoms with Gasteiger partial charge in [0.05, 0.1) is 32.7 Å². The van der Waals surface area contributed by atoms with E-state index in [0.29, 0.717) is 29.0 Å². The normalized spacial score (nSPS) is 16.4. The topological polar surface area (TPSA) is 80.7 Å². The molecule has 0 saturated carbocycles. The summed E-state index contributed by atoms with van der Waals surface area (Å²) in [5, 5.41) is 5.85. The Bertz CT molecular complexity index is 979. The lowest BCUT2D eigenvalue weighted by molar-refractivity contribution is -0.903. The van der Waals surface area contributed by atoms with E-state index in [4.69, 9.17) is 4.52 Å². The van der Waals surface area contributed by atoms with E-state index < -0.39 is 10.0 Å². The molecule has 1 fully saturated rings. The highest BCUT2D eigenvalue weighted by Gasteiger charge is 2.30. The summed E-state index contributed by atoms with van der Waals surface area (Å²) in [7, 11) is -3.32. The molecule has 0 amide bonds. The minimum absolute atomic E-state index is 0.432. The van der Waals surface area contributed by atoms with E-state index >= 15 is 0 Å². The molecule has 0 spiro atoms. The molecular formula is C19H23N4O3S2+. The predicted molar refractivity (Wildman–Crippen MR) is 107 cm³/mol. The van der Waals surface area contributed by atoms with E-state index in [1.165, 1.54) is 16.2 Å². The molecule has 1 aliphatic heterocycles. The van der Waals surface area contributed by atoms with Crippen molar-refractivity contribution in [2.45, 2.75) is 17.1 Å². The van der Waals surface area contributed by atoms with E-state index in [9.17, 15) is 8.42 Å². The lowest BCUT2D eigenvalue weighted by atomic mass is 10.2. The monoisotopic (exact) mass is 419 g/mol. The average molecular weight is 420 g/mol. The standard InChI is InChI=1S/C19H22N4O3S2/c24-28(25,18-9-5-15-27-18)23-13-11-22(12-14-23)10-4-8-17-20-19(21-26-17)16-6-2-1-3-7-16/h1-3,5-7,9,15H,4,8,10-14H2/p+1. The van der Waals surface area contributed by atoms with E-state index in [1.54, 1.807) is 21.8 Å². The maximum atomic E-state index is 12.6. The van der Waals surface area contributed by atoms with Crippen LogP contribution in [0.25, 0.3) is 11.4 Å². The molecule has 2 aromatic heterocycles. The summed E-state index contributed by atoms with van der Waals surface area (Å²) >= 11 is 1.28. The number of hydrogen-bond acceptors (Lipinski definition) is 6. The molecule has 1 aliphatic rings. The van der Waals surface area contributed by atoms with Crippen LogP contribution in [-0.2, 0) is 16.4 Å². The van der Waals surface area contributed by atoms with Gasteiger partial charge in [0.1, 0.15) is 4.21 Å². The summed E-state index contributed by atoms with van der Waals surface area (Å²) in [5.41, 5.74) is 0.950. The van der Waals surface area contributed by atoms with Crippen molar-refractivity contribution in [3.05, 3.63) is 53.7 Å². The van der Waals surface area contributed by atoms with E-state index in [0.717, 1.165) is 38.0 Å². The van der Waals surface area contributed by atoms with Crippen LogP contribution in [0.15, 0.2) is 56.6 Å². The van der Waals surface area contributed by atoms with Gasteiger partial charge in [-0.2, -0.15) is 9.29 Å². The Balaban J connectivity index is 1.24. The molecule has 1 aromatic carbocycles. The van der Waals surface area contributed by atoms with Crippen LogP contribution in [0.4, 0.5) is 0 Å². The van der Waals surface area contributed by atoms with Gasteiger partial charge in [-0.1, -0.05) is 41.6 Å². The van der Waals surface area contributed by atoms with Crippen LogP contribution in [0.3, 0.4) is 0 Å². The number of aryl methyl sites for hydroxylation is 1. The Kier molecular flexibility index (Phi) is 5.86. The third-order valence-corrected chi connectivity index (χ3v) is 8.21. The third-order valence-electron chi connectivity index (χ3n) is 4.94. The van der Waals surface area contributed by atoms with E-state index in [1.807, 2.05) is 30.3 Å². The Morgan fingerprint density at radius 2 is 1.89 bits per heavy atom. The van der Waals surface area contributed by atoms with E-state index in [-0.39, 0.29) is 0 Å². The van der Waals surface area contributed by atoms with Gasteiger partial charge in [-0.15, -0.1) is 11.3 Å². The lowest BCUT2D eigenvalue weighted by Crippen LogP contribution is -3.14. The fourth-order valence-corrected chi connectivity index (χ4v) is 5.97. The smallest absolute Gasteiger partial charge is 0.252 e. The van der Waals surface area contributed by atoms with Crippen molar-refractivity contribution in [1.82, 2.24) is 14.4 Å². The summed E-state index contributed by atoms with van der Waals surface area (Å²) in [6.45, 7) is 3.74. The number of nitrogens with zero attached hydrogens (tertiary/aromatic N) is 3. The Labute approximate surface area is 168 Å². The number of quaternary nitrogens is 1. The summed E-state index contributed by atoms with van der Waals surface area (Å²) in [6.07, 6.45) is 1.67. The first-order valence-corrected chi connectivity index (χ1v) is 11.7. The van der Waals surface area contributed by atoms with Gasteiger partial charge >= 0.3 is 0 Å². The second-order valence-electron chi connectivity index (χ2n) is 6.82. The van der Waals surface area contributed by atoms with Crippen LogP contribution < -0.4 is 4.90 Å². The average Bonchev–Trinajstić information content (AvgIpc) is 3.42. The zero-order chi connectivity index (χ0) is 19.4. The summed E-state index contributed by atoms with van der Waals surface area (Å²) in [5.74, 6) is 1.27. The summed E-state index contributed by atoms with van der Waals surface area (Å²) in [6, 6.07) is 13.2. The first-order valence-electron chi connectivity index (χ1n) is 9.38. The van der Waals surface area contributed by atoms with Crippen LogP contribution >= 0.6 is 11.3 Å². The van der Waals surface area contributed by atoms with Gasteiger partial charge in [-0.05, 0) is 11.4 Å². The number of piperazine rings is 1. The Morgan fingerprint density at radius 3 is 2.61 bits per heavy atom. The van der Waals surface area contributed by atoms with Gasteiger partial charge in [-0.3, -0.25) is 0 Å². The van der Waals surface area contributed by atoms with Crippen molar-refractivity contribution in [3.63, 3.8) is 0 Å². The molecule has 1 N–H and O–H groups in total. The largest absolute Gasteiger partial charge is 0.339 e. The first-order chi connectivity index (χ1) is 13.6. The van der Waals surface area contributed by atoms with Crippen molar-refractivity contribution in [1.29, 1.82) is 0 Å². The van der Waals surface area contributed by atoms with Crippen molar-refractivity contribution in [3.8, 4) is 11.4 Å². The summed E-state index contributed by atoms with van der Waals surface area (Å²) in [4.78, 5) is 5.88. The van der Waals surface area contributed by atoms with Crippen LogP contribution in [0, 0.1) is 0 Å². The second kappa shape index (κ2) is 8.52. The molecule has 0 unspecified atom stereocenters. The molecule has 7 nitrogen and oxygen atoms in total. The second-order valence-corrected chi connectivity index (χ2v) is 9.93. The molecule has 0 bridgehead atoms. The number of hydrogen-bond donors (Lipinski definition) is 1. The van der Waals surface area contributed by atoms with Gasteiger partial charge in [-0.25, -0.2) is 8.42 Å². The minimum atomic E-state index is -3.32. The zero-order valence-electron chi connectivity index (χ0n) is 15.5. The third kappa shape index (κ3) is 4.33. The van der Waals surface area contributed by atoms with Gasteiger partial charge in [0, 0.05) is 18.4 Å². The highest BCUT2D eigenvalue weighted by molar-refractivity contribution is 7.91. The SMILES string of the molecule is O=S(=O)(c1cccs1)N1CC[NH+](CCCc2nc(-c3ccccc3)no2)CC1. The first kappa shape index (κ1) is 19.3. The van der Waals surface area contributed by atoms with Crippen molar-refractivity contribution in [2.75, 3.05) is 32.7 Å². The molecule has 4 rings (SSSR count). The molecule has 1 saturated heterocycles. The number of rotatable bonds is 7. The molecule has 3 heterocycles. The number of thiophene rings is 1. The number of benzene rings is 1. The molecule has 0 aliphatic carbocycles. The van der Waals surface area contributed by atoms with Gasteiger partial charge < -0.3 is 9.42 Å². The van der Waals surface area contributed by atoms with Crippen LogP contribution in [0.1, 0.15) is 12.3 Å². The maximum absolute atomic E-state index is 12.6. The fourth-order valence-electron chi connectivity index (χ4n) is 3.38. The molecule has 28 heavy (non-hydrogen) atoms. The van der Waals surface area contributed by atoms with Crippen LogP contribution in [0.5, 0.6) is 0 Å². The molecule has 148 valence electrons. The van der Waals surface area contributed by atoms with Crippen LogP contribution in [-0.4, -0.2) is 55.6 Å². The highest BCUT2D eigenvalue weighted by Crippen LogP contribution is 2.20. The van der Waals surface area contributed by atoms with Crippen molar-refractivity contribution >= 4 is 21.4 Å². The quantitative estimate of drug-likeness (QED) is 0.625. The van der Waals surface area contributed by atoms with Gasteiger partial charge in [0.2, 0.25) is 11.7 Å². The number of aromatic nitrogens is 2. The molecule has 0 radical (unpaired) electrons. The zero-order valence-corrected chi connectivity index (χ0v) is 17.1. The van der Waals surface area contributed by atoms with Gasteiger partial charge in [0.25, 0.3) is 10.0 Å². The predicted octanol–water partition coefficient (Wildman–Crippen LogP) is 1.32. The Morgan fingerprint density at radius 1 is 1.11 bits per heavy atom. The van der Waals surface area contributed by atoms with Crippen molar-refractivity contribution in [2.24, 2.45) is 0 Å². The van der Waals surface area contributed by atoms with Crippen LogP contribution in [0.2, 0.25) is 0 Å². The molecule has 0 atom stereocenters. The molecular weight excluding hydrogens is 396 g/mol. The van der Waals surface area contributed by atoms with Crippen molar-refractivity contribution < 1.29 is 17.8 Å². The van der Waals surface area contributed by atoms with E-state index in [2.05, 4.69) is 10.1 Å². The molecule has 9 heteroatoms. The fraction of sp³-hybridized carbons (Fsp3) is 0.368. The highest BCUT2D eigenvalue weighted by atomic mass is 32.2. The number of nitrogens with one attached hydrogen (secondary N) is 1. The number of sulfonamides is 1.